The summed E-state index contributed by atoms with van der Waals surface area (Å²) in [6.45, 7) is 4.44. The van der Waals surface area contributed by atoms with E-state index in [0.29, 0.717) is 27.8 Å². The van der Waals surface area contributed by atoms with Gasteiger partial charge in [0.1, 0.15) is 17.2 Å². The van der Waals surface area contributed by atoms with Crippen LogP contribution in [0, 0.1) is 17.2 Å². The maximum atomic E-state index is 13.8. The summed E-state index contributed by atoms with van der Waals surface area (Å²) < 4.78 is 13.8. The molecule has 0 bridgehead atoms. The minimum absolute atomic E-state index is 0.0611. The largest absolute Gasteiger partial charge is 0.355 e. The summed E-state index contributed by atoms with van der Waals surface area (Å²) >= 11 is 6.13. The Labute approximate surface area is 168 Å². The summed E-state index contributed by atoms with van der Waals surface area (Å²) in [7, 11) is 0. The minimum atomic E-state index is -0.463. The van der Waals surface area contributed by atoms with Crippen LogP contribution in [0.5, 0.6) is 0 Å². The van der Waals surface area contributed by atoms with E-state index in [-0.39, 0.29) is 5.02 Å². The summed E-state index contributed by atoms with van der Waals surface area (Å²) in [6.07, 6.45) is 8.34. The van der Waals surface area contributed by atoms with E-state index in [1.165, 1.54) is 38.2 Å². The van der Waals surface area contributed by atoms with Crippen molar-refractivity contribution in [3.63, 3.8) is 0 Å². The molecule has 1 aromatic carbocycles. The Balaban J connectivity index is 1.42. The van der Waals surface area contributed by atoms with Gasteiger partial charge in [-0.2, -0.15) is 5.10 Å². The molecule has 0 radical (unpaired) electrons. The fraction of sp³-hybridized carbons (Fsp3) is 0.476. The van der Waals surface area contributed by atoms with E-state index >= 15 is 0 Å². The van der Waals surface area contributed by atoms with Crippen LogP contribution >= 0.6 is 11.6 Å². The molecule has 3 heterocycles. The average Bonchev–Trinajstić information content (AvgIpc) is 3.28. The topological polar surface area (TPSA) is 57.7 Å². The Morgan fingerprint density at radius 3 is 2.82 bits per heavy atom. The Morgan fingerprint density at radius 2 is 2.07 bits per heavy atom. The number of anilines is 1. The number of nitrogens with one attached hydrogen (secondary N) is 1. The highest BCUT2D eigenvalue weighted by Crippen LogP contribution is 2.50. The first-order valence-electron chi connectivity index (χ1n) is 9.98. The molecule has 2 fully saturated rings. The van der Waals surface area contributed by atoms with Gasteiger partial charge >= 0.3 is 0 Å². The van der Waals surface area contributed by atoms with Gasteiger partial charge in [-0.25, -0.2) is 14.4 Å². The van der Waals surface area contributed by atoms with Gasteiger partial charge in [-0.1, -0.05) is 43.5 Å². The van der Waals surface area contributed by atoms with Gasteiger partial charge < -0.3 is 4.90 Å². The van der Waals surface area contributed by atoms with Crippen molar-refractivity contribution in [1.82, 2.24) is 20.2 Å². The van der Waals surface area contributed by atoms with Crippen LogP contribution in [0.1, 0.15) is 39.0 Å². The molecule has 5 nitrogen and oxygen atoms in total. The van der Waals surface area contributed by atoms with Crippen molar-refractivity contribution >= 4 is 28.6 Å². The van der Waals surface area contributed by atoms with Crippen LogP contribution in [0.15, 0.2) is 24.4 Å². The third-order valence-corrected chi connectivity index (χ3v) is 7.30. The lowest BCUT2D eigenvalue weighted by Gasteiger charge is -2.42. The average molecular weight is 400 g/mol. The molecular formula is C21H23ClFN5. The smallest absolute Gasteiger partial charge is 0.202 e. The SMILES string of the molecule is C[C@@H]1CCCC12CCN(c1cnc3c(-c4cccc(F)c4Cl)[nH]nc3n1)CC2. The standard InChI is InChI=1S/C21H23ClFN5/c1-13-4-3-7-21(13)8-10-28(11-9-21)16-12-24-19-18(26-27-20(19)25-16)14-5-2-6-15(23)17(14)22/h2,5-6,12-13H,3-4,7-11H2,1H3,(H,25,26,27)/t13-/m1/s1. The second-order valence-electron chi connectivity index (χ2n) is 8.24. The van der Waals surface area contributed by atoms with Crippen molar-refractivity contribution in [2.75, 3.05) is 18.0 Å². The summed E-state index contributed by atoms with van der Waals surface area (Å²) in [5.41, 5.74) is 2.80. The zero-order valence-corrected chi connectivity index (χ0v) is 16.6. The van der Waals surface area contributed by atoms with Gasteiger partial charge in [-0.3, -0.25) is 5.10 Å². The number of fused-ring (bicyclic) bond motifs is 1. The predicted octanol–water partition coefficient (Wildman–Crippen LogP) is 5.22. The maximum absolute atomic E-state index is 13.8. The first-order valence-corrected chi connectivity index (χ1v) is 10.4. The Hall–Kier alpha value is -2.21. The summed E-state index contributed by atoms with van der Waals surface area (Å²) in [6, 6.07) is 4.71. The number of hydrogen-bond acceptors (Lipinski definition) is 4. The minimum Gasteiger partial charge on any atom is -0.355 e. The number of halogens is 2. The lowest BCUT2D eigenvalue weighted by Crippen LogP contribution is -2.41. The number of nitrogens with zero attached hydrogens (tertiary/aromatic N) is 4. The van der Waals surface area contributed by atoms with Gasteiger partial charge in [-0.15, -0.1) is 0 Å². The molecule has 1 spiro atoms. The second-order valence-corrected chi connectivity index (χ2v) is 8.62. The lowest BCUT2D eigenvalue weighted by molar-refractivity contribution is 0.161. The van der Waals surface area contributed by atoms with Crippen LogP contribution in [0.4, 0.5) is 10.2 Å². The van der Waals surface area contributed by atoms with Gasteiger partial charge in [0, 0.05) is 18.7 Å². The van der Waals surface area contributed by atoms with Crippen molar-refractivity contribution < 1.29 is 4.39 Å². The molecule has 2 aromatic heterocycles. The highest BCUT2D eigenvalue weighted by molar-refractivity contribution is 6.33. The zero-order valence-electron chi connectivity index (χ0n) is 15.9. The molecule has 3 aromatic rings. The van der Waals surface area contributed by atoms with Crippen LogP contribution in [-0.2, 0) is 0 Å². The molecule has 0 unspecified atom stereocenters. The van der Waals surface area contributed by atoms with Crippen LogP contribution in [0.3, 0.4) is 0 Å². The number of H-pyrrole nitrogens is 1. The van der Waals surface area contributed by atoms with E-state index in [4.69, 9.17) is 16.6 Å². The van der Waals surface area contributed by atoms with Crippen LogP contribution < -0.4 is 4.90 Å². The van der Waals surface area contributed by atoms with Gasteiger partial charge in [-0.05, 0) is 36.7 Å². The van der Waals surface area contributed by atoms with Crippen LogP contribution in [0.25, 0.3) is 22.4 Å². The van der Waals surface area contributed by atoms with Crippen LogP contribution in [-0.4, -0.2) is 33.3 Å². The normalized spacial score (nSPS) is 21.7. The maximum Gasteiger partial charge on any atom is 0.202 e. The van der Waals surface area contributed by atoms with E-state index in [9.17, 15) is 4.39 Å². The molecule has 2 aliphatic rings. The van der Waals surface area contributed by atoms with E-state index in [1.807, 2.05) is 0 Å². The molecule has 28 heavy (non-hydrogen) atoms. The number of rotatable bonds is 2. The highest BCUT2D eigenvalue weighted by Gasteiger charge is 2.42. The Kier molecular flexibility index (Phi) is 4.27. The molecular weight excluding hydrogens is 377 g/mol. The number of aromatic amines is 1. The molecule has 1 atom stereocenters. The molecule has 0 amide bonds. The third-order valence-electron chi connectivity index (χ3n) is 6.91. The van der Waals surface area contributed by atoms with Crippen molar-refractivity contribution in [1.29, 1.82) is 0 Å². The van der Waals surface area contributed by atoms with Crippen LogP contribution in [0.2, 0.25) is 5.02 Å². The van der Waals surface area contributed by atoms with Crippen molar-refractivity contribution in [3.05, 3.63) is 35.2 Å². The summed E-state index contributed by atoms with van der Waals surface area (Å²) in [5, 5.41) is 7.29. The van der Waals surface area contributed by atoms with Crippen molar-refractivity contribution in [2.45, 2.75) is 39.0 Å². The highest BCUT2D eigenvalue weighted by atomic mass is 35.5. The molecule has 1 aliphatic heterocycles. The van der Waals surface area contributed by atoms with E-state index in [0.717, 1.165) is 24.8 Å². The summed E-state index contributed by atoms with van der Waals surface area (Å²) in [5.74, 6) is 1.22. The van der Waals surface area contributed by atoms with Crippen molar-refractivity contribution in [3.8, 4) is 11.3 Å². The zero-order chi connectivity index (χ0) is 19.3. The molecule has 1 saturated carbocycles. The molecule has 146 valence electrons. The molecule has 5 rings (SSSR count). The fourth-order valence-electron chi connectivity index (χ4n) is 5.06. The summed E-state index contributed by atoms with van der Waals surface area (Å²) in [4.78, 5) is 11.6. The number of piperidine rings is 1. The molecule has 1 aliphatic carbocycles. The molecule has 1 N–H and O–H groups in total. The van der Waals surface area contributed by atoms with Crippen molar-refractivity contribution in [2.24, 2.45) is 11.3 Å². The Morgan fingerprint density at radius 1 is 1.25 bits per heavy atom. The first kappa shape index (κ1) is 17.9. The quantitative estimate of drug-likeness (QED) is 0.641. The van der Waals surface area contributed by atoms with E-state index in [1.54, 1.807) is 18.3 Å². The van der Waals surface area contributed by atoms with Gasteiger partial charge in [0.15, 0.2) is 0 Å². The van der Waals surface area contributed by atoms with E-state index in [2.05, 4.69) is 27.0 Å². The number of hydrogen-bond donors (Lipinski definition) is 1. The lowest BCUT2D eigenvalue weighted by atomic mass is 9.71. The fourth-order valence-corrected chi connectivity index (χ4v) is 5.28. The predicted molar refractivity (Wildman–Crippen MR) is 109 cm³/mol. The van der Waals surface area contributed by atoms with Gasteiger partial charge in [0.25, 0.3) is 0 Å². The first-order chi connectivity index (χ1) is 13.6. The molecule has 1 saturated heterocycles. The number of aromatic nitrogens is 4. The number of benzene rings is 1. The van der Waals surface area contributed by atoms with Gasteiger partial charge in [0.2, 0.25) is 5.65 Å². The molecule has 7 heteroatoms. The second kappa shape index (κ2) is 6.69. The van der Waals surface area contributed by atoms with Gasteiger partial charge in [0.05, 0.1) is 16.9 Å². The Bertz CT molecular complexity index is 1020. The monoisotopic (exact) mass is 399 g/mol. The third kappa shape index (κ3) is 2.77. The van der Waals surface area contributed by atoms with E-state index < -0.39 is 5.82 Å².